The molecule has 0 aromatic heterocycles. The zero-order valence-electron chi connectivity index (χ0n) is 12.9. The van der Waals surface area contributed by atoms with Gasteiger partial charge in [-0.05, 0) is 38.6 Å². The minimum Gasteiger partial charge on any atom is -0.314 e. The maximum Gasteiger partial charge on any atom is 0.272 e. The van der Waals surface area contributed by atoms with Gasteiger partial charge in [0.2, 0.25) is 0 Å². The first-order valence-electron chi connectivity index (χ1n) is 8.14. The molecule has 0 aliphatic heterocycles. The first-order chi connectivity index (χ1) is 10.2. The first kappa shape index (κ1) is 16.0. The van der Waals surface area contributed by atoms with E-state index in [1.807, 2.05) is 12.1 Å². The van der Waals surface area contributed by atoms with Crippen LogP contribution in [-0.2, 0) is 6.42 Å². The molecule has 4 heteroatoms. The summed E-state index contributed by atoms with van der Waals surface area (Å²) < 4.78 is 0. The Morgan fingerprint density at radius 3 is 2.57 bits per heavy atom. The summed E-state index contributed by atoms with van der Waals surface area (Å²) in [6.07, 6.45) is 8.80. The van der Waals surface area contributed by atoms with Crippen LogP contribution in [0.4, 0.5) is 5.69 Å². The standard InChI is InChI=1S/C17H26N2O2/c1-14(15-8-4-2-3-5-9-15)18-13-12-16-10-6-7-11-17(16)19(20)21/h6-7,10-11,14-15,18H,2-5,8-9,12-13H2,1H3/t14-/m1/s1. The van der Waals surface area contributed by atoms with Crippen LogP contribution in [0.2, 0.25) is 0 Å². The van der Waals surface area contributed by atoms with Crippen LogP contribution >= 0.6 is 0 Å². The van der Waals surface area contributed by atoms with E-state index in [2.05, 4.69) is 12.2 Å². The molecule has 116 valence electrons. The van der Waals surface area contributed by atoms with Crippen molar-refractivity contribution >= 4 is 5.69 Å². The number of rotatable bonds is 6. The molecular formula is C17H26N2O2. The normalized spacial score (nSPS) is 18.1. The molecule has 0 bridgehead atoms. The molecule has 1 aromatic rings. The molecule has 4 nitrogen and oxygen atoms in total. The highest BCUT2D eigenvalue weighted by molar-refractivity contribution is 5.39. The van der Waals surface area contributed by atoms with Crippen molar-refractivity contribution in [1.29, 1.82) is 0 Å². The number of para-hydroxylation sites is 1. The lowest BCUT2D eigenvalue weighted by molar-refractivity contribution is -0.385. The van der Waals surface area contributed by atoms with Crippen molar-refractivity contribution in [2.45, 2.75) is 57.9 Å². The minimum absolute atomic E-state index is 0.237. The van der Waals surface area contributed by atoms with Gasteiger partial charge in [0, 0.05) is 17.7 Å². The summed E-state index contributed by atoms with van der Waals surface area (Å²) in [5.41, 5.74) is 1.06. The largest absolute Gasteiger partial charge is 0.314 e. The van der Waals surface area contributed by atoms with Crippen molar-refractivity contribution < 1.29 is 4.92 Å². The van der Waals surface area contributed by atoms with Gasteiger partial charge in [0.15, 0.2) is 0 Å². The van der Waals surface area contributed by atoms with Crippen molar-refractivity contribution in [3.63, 3.8) is 0 Å². The molecule has 1 saturated carbocycles. The van der Waals surface area contributed by atoms with Crippen LogP contribution in [-0.4, -0.2) is 17.5 Å². The van der Waals surface area contributed by atoms with Gasteiger partial charge in [0.25, 0.3) is 5.69 Å². The highest BCUT2D eigenvalue weighted by Gasteiger charge is 2.19. The first-order valence-corrected chi connectivity index (χ1v) is 8.14. The summed E-state index contributed by atoms with van der Waals surface area (Å²) >= 11 is 0. The predicted octanol–water partition coefficient (Wildman–Crippen LogP) is 4.09. The third-order valence-electron chi connectivity index (χ3n) is 4.66. The van der Waals surface area contributed by atoms with Gasteiger partial charge in [-0.25, -0.2) is 0 Å². The van der Waals surface area contributed by atoms with Crippen LogP contribution < -0.4 is 5.32 Å². The minimum atomic E-state index is -0.288. The van der Waals surface area contributed by atoms with Crippen LogP contribution in [0.15, 0.2) is 24.3 Å². The van der Waals surface area contributed by atoms with Crippen molar-refractivity contribution in [1.82, 2.24) is 5.32 Å². The highest BCUT2D eigenvalue weighted by atomic mass is 16.6. The Morgan fingerprint density at radius 2 is 1.90 bits per heavy atom. The fraction of sp³-hybridized carbons (Fsp3) is 0.647. The zero-order valence-corrected chi connectivity index (χ0v) is 12.9. The number of hydrogen-bond donors (Lipinski definition) is 1. The quantitative estimate of drug-likeness (QED) is 0.488. The van der Waals surface area contributed by atoms with E-state index in [4.69, 9.17) is 0 Å². The predicted molar refractivity (Wildman–Crippen MR) is 85.5 cm³/mol. The van der Waals surface area contributed by atoms with Crippen LogP contribution in [0.1, 0.15) is 51.0 Å². The third-order valence-corrected chi connectivity index (χ3v) is 4.66. The van der Waals surface area contributed by atoms with E-state index in [1.165, 1.54) is 38.5 Å². The molecule has 0 amide bonds. The summed E-state index contributed by atoms with van der Waals surface area (Å²) in [6.45, 7) is 3.07. The lowest BCUT2D eigenvalue weighted by Gasteiger charge is -2.23. The Labute approximate surface area is 127 Å². The average Bonchev–Trinajstić information content (AvgIpc) is 2.76. The molecule has 1 aliphatic carbocycles. The molecular weight excluding hydrogens is 264 g/mol. The third kappa shape index (κ3) is 4.81. The number of hydrogen-bond acceptors (Lipinski definition) is 3. The summed E-state index contributed by atoms with van der Waals surface area (Å²) in [5, 5.41) is 14.6. The Morgan fingerprint density at radius 1 is 1.24 bits per heavy atom. The summed E-state index contributed by atoms with van der Waals surface area (Å²) in [5.74, 6) is 0.762. The van der Waals surface area contributed by atoms with Crippen LogP contribution in [0, 0.1) is 16.0 Å². The number of nitrogens with one attached hydrogen (secondary N) is 1. The molecule has 0 spiro atoms. The summed E-state index contributed by atoms with van der Waals surface area (Å²) in [6, 6.07) is 7.55. The Bertz CT molecular complexity index is 454. The summed E-state index contributed by atoms with van der Waals surface area (Å²) in [7, 11) is 0. The van der Waals surface area contributed by atoms with E-state index >= 15 is 0 Å². The molecule has 0 radical (unpaired) electrons. The molecule has 21 heavy (non-hydrogen) atoms. The maximum absolute atomic E-state index is 11.0. The van der Waals surface area contributed by atoms with E-state index in [9.17, 15) is 10.1 Å². The van der Waals surface area contributed by atoms with Crippen molar-refractivity contribution in [3.8, 4) is 0 Å². The van der Waals surface area contributed by atoms with Crippen molar-refractivity contribution in [3.05, 3.63) is 39.9 Å². The van der Waals surface area contributed by atoms with E-state index < -0.39 is 0 Å². The topological polar surface area (TPSA) is 55.2 Å². The van der Waals surface area contributed by atoms with Gasteiger partial charge in [-0.1, -0.05) is 43.9 Å². The van der Waals surface area contributed by atoms with Crippen LogP contribution in [0.3, 0.4) is 0 Å². The Kier molecular flexibility index (Phi) is 6.18. The van der Waals surface area contributed by atoms with Gasteiger partial charge in [0.05, 0.1) is 4.92 Å². The van der Waals surface area contributed by atoms with Crippen LogP contribution in [0.25, 0.3) is 0 Å². The zero-order chi connectivity index (χ0) is 15.1. The highest BCUT2D eigenvalue weighted by Crippen LogP contribution is 2.25. The average molecular weight is 290 g/mol. The molecule has 1 fully saturated rings. The summed E-state index contributed by atoms with van der Waals surface area (Å²) in [4.78, 5) is 10.7. The molecule has 1 atom stereocenters. The van der Waals surface area contributed by atoms with E-state index in [0.717, 1.165) is 18.0 Å². The number of nitro groups is 1. The number of nitrogens with zero attached hydrogens (tertiary/aromatic N) is 1. The van der Waals surface area contributed by atoms with E-state index in [0.29, 0.717) is 12.5 Å². The molecule has 0 heterocycles. The van der Waals surface area contributed by atoms with Gasteiger partial charge in [-0.15, -0.1) is 0 Å². The molecule has 1 N–H and O–H groups in total. The lowest BCUT2D eigenvalue weighted by atomic mass is 9.93. The Hall–Kier alpha value is -1.42. The van der Waals surface area contributed by atoms with Gasteiger partial charge in [0.1, 0.15) is 0 Å². The fourth-order valence-electron chi connectivity index (χ4n) is 3.31. The lowest BCUT2D eigenvalue weighted by Crippen LogP contribution is -2.34. The second kappa shape index (κ2) is 8.13. The molecule has 2 rings (SSSR count). The van der Waals surface area contributed by atoms with Gasteiger partial charge < -0.3 is 5.32 Å². The number of benzene rings is 1. The van der Waals surface area contributed by atoms with Crippen LogP contribution in [0.5, 0.6) is 0 Å². The molecule has 0 unspecified atom stereocenters. The monoisotopic (exact) mass is 290 g/mol. The number of nitro benzene ring substituents is 1. The maximum atomic E-state index is 11.0. The van der Waals surface area contributed by atoms with E-state index in [1.54, 1.807) is 12.1 Å². The smallest absolute Gasteiger partial charge is 0.272 e. The van der Waals surface area contributed by atoms with Crippen molar-refractivity contribution in [2.75, 3.05) is 6.54 Å². The molecule has 0 saturated heterocycles. The fourth-order valence-corrected chi connectivity index (χ4v) is 3.31. The van der Waals surface area contributed by atoms with Gasteiger partial charge >= 0.3 is 0 Å². The van der Waals surface area contributed by atoms with E-state index in [-0.39, 0.29) is 10.6 Å². The second-order valence-corrected chi connectivity index (χ2v) is 6.13. The molecule has 1 aliphatic rings. The van der Waals surface area contributed by atoms with Gasteiger partial charge in [-0.3, -0.25) is 10.1 Å². The van der Waals surface area contributed by atoms with Gasteiger partial charge in [-0.2, -0.15) is 0 Å². The SMILES string of the molecule is C[C@@H](NCCc1ccccc1[N+](=O)[O-])C1CCCCCC1. The second-order valence-electron chi connectivity index (χ2n) is 6.13. The van der Waals surface area contributed by atoms with Crippen molar-refractivity contribution in [2.24, 2.45) is 5.92 Å². The Balaban J connectivity index is 1.82. The molecule has 1 aromatic carbocycles.